The summed E-state index contributed by atoms with van der Waals surface area (Å²) in [6, 6.07) is 4.60. The molecule has 0 saturated heterocycles. The van der Waals surface area contributed by atoms with Gasteiger partial charge in [0.1, 0.15) is 16.5 Å². The largest absolute Gasteiger partial charge is 0.389 e. The third-order valence-corrected chi connectivity index (χ3v) is 2.70. The minimum absolute atomic E-state index is 0.236. The zero-order chi connectivity index (χ0) is 10.1. The Kier molecular flexibility index (Phi) is 2.21. The second kappa shape index (κ2) is 3.38. The van der Waals surface area contributed by atoms with Crippen LogP contribution in [0.2, 0.25) is 0 Å². The van der Waals surface area contributed by atoms with Crippen molar-refractivity contribution in [2.24, 2.45) is 0 Å². The first-order chi connectivity index (χ1) is 6.68. The van der Waals surface area contributed by atoms with Gasteiger partial charge in [0.25, 0.3) is 0 Å². The molecule has 14 heavy (non-hydrogen) atoms. The van der Waals surface area contributed by atoms with E-state index < -0.39 is 0 Å². The summed E-state index contributed by atoms with van der Waals surface area (Å²) in [7, 11) is 0. The van der Waals surface area contributed by atoms with Crippen molar-refractivity contribution in [2.75, 3.05) is 5.73 Å². The van der Waals surface area contributed by atoms with Crippen LogP contribution in [0.25, 0.3) is 11.3 Å². The van der Waals surface area contributed by atoms with Crippen molar-refractivity contribution in [3.63, 3.8) is 0 Å². The van der Waals surface area contributed by atoms with E-state index in [9.17, 15) is 4.39 Å². The number of rotatable bonds is 1. The van der Waals surface area contributed by atoms with E-state index in [1.54, 1.807) is 11.6 Å². The Morgan fingerprint density at radius 3 is 2.79 bits per heavy atom. The van der Waals surface area contributed by atoms with Gasteiger partial charge in [-0.2, -0.15) is 0 Å². The van der Waals surface area contributed by atoms with Crippen molar-refractivity contribution in [3.8, 4) is 11.3 Å². The van der Waals surface area contributed by atoms with Gasteiger partial charge in [0.05, 0.1) is 5.51 Å². The monoisotopic (exact) mass is 208 g/mol. The summed E-state index contributed by atoms with van der Waals surface area (Å²) >= 11 is 1.39. The topological polar surface area (TPSA) is 38.9 Å². The molecule has 0 fully saturated rings. The SMILES string of the molecule is Cc1cc(F)ccc1-c1ncsc1N. The molecule has 1 aromatic heterocycles. The highest BCUT2D eigenvalue weighted by molar-refractivity contribution is 7.14. The van der Waals surface area contributed by atoms with Gasteiger partial charge in [-0.1, -0.05) is 0 Å². The molecule has 0 aliphatic rings. The lowest BCUT2D eigenvalue weighted by Crippen LogP contribution is -1.89. The van der Waals surface area contributed by atoms with E-state index >= 15 is 0 Å². The van der Waals surface area contributed by atoms with Crippen molar-refractivity contribution in [1.29, 1.82) is 0 Å². The summed E-state index contributed by atoms with van der Waals surface area (Å²) < 4.78 is 12.8. The molecule has 0 amide bonds. The lowest BCUT2D eigenvalue weighted by molar-refractivity contribution is 0.627. The Balaban J connectivity index is 2.58. The molecule has 0 unspecified atom stereocenters. The van der Waals surface area contributed by atoms with Crippen LogP contribution in [-0.2, 0) is 0 Å². The molecule has 0 radical (unpaired) electrons. The number of hydrogen-bond acceptors (Lipinski definition) is 3. The molecule has 4 heteroatoms. The van der Waals surface area contributed by atoms with Gasteiger partial charge in [-0.15, -0.1) is 11.3 Å². The molecule has 72 valence electrons. The van der Waals surface area contributed by atoms with Crippen molar-refractivity contribution >= 4 is 16.3 Å². The molecular weight excluding hydrogens is 199 g/mol. The first-order valence-corrected chi connectivity index (χ1v) is 5.02. The number of benzene rings is 1. The second-order valence-electron chi connectivity index (χ2n) is 3.02. The van der Waals surface area contributed by atoms with E-state index in [1.165, 1.54) is 23.5 Å². The summed E-state index contributed by atoms with van der Waals surface area (Å²) in [5.74, 6) is -0.236. The average Bonchev–Trinajstić information content (AvgIpc) is 2.52. The summed E-state index contributed by atoms with van der Waals surface area (Å²) in [6.07, 6.45) is 0. The molecular formula is C10H9FN2S. The average molecular weight is 208 g/mol. The quantitative estimate of drug-likeness (QED) is 0.782. The van der Waals surface area contributed by atoms with Gasteiger partial charge in [0.2, 0.25) is 0 Å². The van der Waals surface area contributed by atoms with Crippen molar-refractivity contribution in [3.05, 3.63) is 35.1 Å². The maximum absolute atomic E-state index is 12.8. The Labute approximate surface area is 85.2 Å². The third-order valence-electron chi connectivity index (χ3n) is 2.04. The highest BCUT2D eigenvalue weighted by atomic mass is 32.1. The Hall–Kier alpha value is -1.42. The number of hydrogen-bond donors (Lipinski definition) is 1. The molecule has 2 nitrogen and oxygen atoms in total. The van der Waals surface area contributed by atoms with Gasteiger partial charge >= 0.3 is 0 Å². The lowest BCUT2D eigenvalue weighted by atomic mass is 10.1. The summed E-state index contributed by atoms with van der Waals surface area (Å²) in [5, 5.41) is 0.666. The normalized spacial score (nSPS) is 10.4. The second-order valence-corrected chi connectivity index (χ2v) is 3.91. The van der Waals surface area contributed by atoms with E-state index in [0.717, 1.165) is 16.8 Å². The van der Waals surface area contributed by atoms with Gasteiger partial charge < -0.3 is 5.73 Å². The number of anilines is 1. The highest BCUT2D eigenvalue weighted by Gasteiger charge is 2.08. The van der Waals surface area contributed by atoms with Crippen LogP contribution >= 0.6 is 11.3 Å². The van der Waals surface area contributed by atoms with Gasteiger partial charge in [0.15, 0.2) is 0 Å². The van der Waals surface area contributed by atoms with Crippen LogP contribution in [0.15, 0.2) is 23.7 Å². The van der Waals surface area contributed by atoms with Gasteiger partial charge in [-0.05, 0) is 30.7 Å². The zero-order valence-corrected chi connectivity index (χ0v) is 8.44. The molecule has 0 aliphatic carbocycles. The number of aryl methyl sites for hydroxylation is 1. The van der Waals surface area contributed by atoms with E-state index in [-0.39, 0.29) is 5.82 Å². The number of aromatic nitrogens is 1. The zero-order valence-electron chi connectivity index (χ0n) is 7.62. The Bertz CT molecular complexity index is 465. The number of halogens is 1. The summed E-state index contributed by atoms with van der Waals surface area (Å²) in [6.45, 7) is 1.84. The molecule has 0 saturated carbocycles. The van der Waals surface area contributed by atoms with E-state index in [1.807, 2.05) is 6.92 Å². The van der Waals surface area contributed by atoms with Crippen LogP contribution in [0.4, 0.5) is 9.39 Å². The fourth-order valence-corrected chi connectivity index (χ4v) is 1.90. The number of thiazole rings is 1. The number of nitrogens with two attached hydrogens (primary N) is 1. The smallest absolute Gasteiger partial charge is 0.123 e. The predicted molar refractivity (Wildman–Crippen MR) is 56.7 cm³/mol. The lowest BCUT2D eigenvalue weighted by Gasteiger charge is -2.03. The molecule has 2 rings (SSSR count). The molecule has 1 aromatic carbocycles. The van der Waals surface area contributed by atoms with Crippen LogP contribution in [0, 0.1) is 12.7 Å². The Morgan fingerprint density at radius 2 is 2.21 bits per heavy atom. The standard InChI is InChI=1S/C10H9FN2S/c1-6-4-7(11)2-3-8(6)9-10(12)14-5-13-9/h2-5H,12H2,1H3. The van der Waals surface area contributed by atoms with E-state index in [0.29, 0.717) is 5.00 Å². The van der Waals surface area contributed by atoms with Crippen molar-refractivity contribution in [2.45, 2.75) is 6.92 Å². The maximum atomic E-state index is 12.8. The summed E-state index contributed by atoms with van der Waals surface area (Å²) in [4.78, 5) is 4.15. The number of nitrogen functional groups attached to an aromatic ring is 1. The molecule has 0 spiro atoms. The Morgan fingerprint density at radius 1 is 1.43 bits per heavy atom. The van der Waals surface area contributed by atoms with Gasteiger partial charge in [-0.25, -0.2) is 9.37 Å². The van der Waals surface area contributed by atoms with Crippen LogP contribution in [0.3, 0.4) is 0 Å². The fourth-order valence-electron chi connectivity index (χ4n) is 1.35. The summed E-state index contributed by atoms with van der Waals surface area (Å²) in [5.41, 5.74) is 9.92. The molecule has 2 aromatic rings. The first kappa shape index (κ1) is 9.15. The molecule has 0 atom stereocenters. The van der Waals surface area contributed by atoms with Gasteiger partial charge in [-0.3, -0.25) is 0 Å². The van der Waals surface area contributed by atoms with Crippen LogP contribution < -0.4 is 5.73 Å². The maximum Gasteiger partial charge on any atom is 0.123 e. The van der Waals surface area contributed by atoms with Gasteiger partial charge in [0, 0.05) is 5.56 Å². The number of nitrogens with zero attached hydrogens (tertiary/aromatic N) is 1. The third kappa shape index (κ3) is 1.48. The molecule has 0 bridgehead atoms. The van der Waals surface area contributed by atoms with Crippen molar-refractivity contribution < 1.29 is 4.39 Å². The first-order valence-electron chi connectivity index (χ1n) is 4.14. The predicted octanol–water partition coefficient (Wildman–Crippen LogP) is 2.84. The molecule has 2 N–H and O–H groups in total. The molecule has 1 heterocycles. The van der Waals surface area contributed by atoms with E-state index in [2.05, 4.69) is 4.98 Å². The van der Waals surface area contributed by atoms with Crippen LogP contribution in [0.5, 0.6) is 0 Å². The van der Waals surface area contributed by atoms with Crippen molar-refractivity contribution in [1.82, 2.24) is 4.98 Å². The van der Waals surface area contributed by atoms with E-state index in [4.69, 9.17) is 5.73 Å². The van der Waals surface area contributed by atoms with Crippen LogP contribution in [-0.4, -0.2) is 4.98 Å². The highest BCUT2D eigenvalue weighted by Crippen LogP contribution is 2.30. The van der Waals surface area contributed by atoms with Crippen LogP contribution in [0.1, 0.15) is 5.56 Å². The molecule has 0 aliphatic heterocycles. The fraction of sp³-hybridized carbons (Fsp3) is 0.100. The minimum Gasteiger partial charge on any atom is -0.389 e. The minimum atomic E-state index is -0.236.